The lowest BCUT2D eigenvalue weighted by atomic mass is 10.2. The van der Waals surface area contributed by atoms with Crippen molar-refractivity contribution in [3.8, 4) is 0 Å². The lowest BCUT2D eigenvalue weighted by Crippen LogP contribution is -2.32. The highest BCUT2D eigenvalue weighted by Crippen LogP contribution is 2.22. The number of hydrogen-bond donors (Lipinski definition) is 1. The van der Waals surface area contributed by atoms with Crippen molar-refractivity contribution >= 4 is 5.69 Å². The van der Waals surface area contributed by atoms with Crippen molar-refractivity contribution in [3.63, 3.8) is 0 Å². The summed E-state index contributed by atoms with van der Waals surface area (Å²) in [4.78, 5) is 2.23. The largest absolute Gasteiger partial charge is 0.370 e. The molecule has 2 rings (SSSR count). The second kappa shape index (κ2) is 3.13. The Bertz CT molecular complexity index is 331. The van der Waals surface area contributed by atoms with Crippen molar-refractivity contribution in [1.82, 2.24) is 5.32 Å². The van der Waals surface area contributed by atoms with Crippen molar-refractivity contribution in [2.45, 2.75) is 20.0 Å². The van der Waals surface area contributed by atoms with Crippen LogP contribution in [-0.4, -0.2) is 6.17 Å². The highest BCUT2D eigenvalue weighted by Gasteiger charge is 2.15. The van der Waals surface area contributed by atoms with E-state index in [0.29, 0.717) is 6.17 Å². The van der Waals surface area contributed by atoms with Crippen LogP contribution in [0.15, 0.2) is 36.7 Å². The summed E-state index contributed by atoms with van der Waals surface area (Å²) in [6.45, 7) is 4.28. The highest BCUT2D eigenvalue weighted by molar-refractivity contribution is 5.56. The average molecular weight is 174 g/mol. The van der Waals surface area contributed by atoms with E-state index in [1.165, 1.54) is 11.3 Å². The summed E-state index contributed by atoms with van der Waals surface area (Å²) in [5, 5.41) is 3.24. The third-order valence-electron chi connectivity index (χ3n) is 2.38. The van der Waals surface area contributed by atoms with E-state index < -0.39 is 0 Å². The minimum absolute atomic E-state index is 0.362. The Hall–Kier alpha value is -1.44. The predicted molar refractivity (Wildman–Crippen MR) is 55.4 cm³/mol. The molecule has 1 heterocycles. The molecule has 0 bridgehead atoms. The van der Waals surface area contributed by atoms with Gasteiger partial charge < -0.3 is 10.2 Å². The predicted octanol–water partition coefficient (Wildman–Crippen LogP) is 2.22. The fourth-order valence-electron chi connectivity index (χ4n) is 1.61. The number of benzene rings is 1. The zero-order valence-corrected chi connectivity index (χ0v) is 7.99. The van der Waals surface area contributed by atoms with Gasteiger partial charge in [0.05, 0.1) is 6.17 Å². The number of anilines is 1. The molecule has 1 N–H and O–H groups in total. The maximum atomic E-state index is 3.24. The Morgan fingerprint density at radius 3 is 2.69 bits per heavy atom. The van der Waals surface area contributed by atoms with Crippen LogP contribution in [0, 0.1) is 6.92 Å². The Balaban J connectivity index is 2.35. The standard InChI is InChI=1S/C11H14N2/c1-9-5-3-4-6-11(9)13-8-7-12-10(13)2/h3-8,10,12H,1-2H3/t10-/m0/s1. The van der Waals surface area contributed by atoms with Gasteiger partial charge in [0, 0.05) is 18.1 Å². The third-order valence-corrected chi connectivity index (χ3v) is 2.38. The van der Waals surface area contributed by atoms with Crippen LogP contribution in [0.3, 0.4) is 0 Å². The molecule has 1 aliphatic heterocycles. The van der Waals surface area contributed by atoms with E-state index in [4.69, 9.17) is 0 Å². The van der Waals surface area contributed by atoms with Crippen molar-refractivity contribution in [3.05, 3.63) is 42.2 Å². The van der Waals surface area contributed by atoms with Crippen molar-refractivity contribution in [2.75, 3.05) is 4.90 Å². The normalized spacial score (nSPS) is 20.5. The zero-order valence-electron chi connectivity index (χ0n) is 7.99. The molecule has 2 nitrogen and oxygen atoms in total. The molecule has 0 aromatic heterocycles. The van der Waals surface area contributed by atoms with Gasteiger partial charge in [-0.1, -0.05) is 18.2 Å². The second-order valence-electron chi connectivity index (χ2n) is 3.35. The lowest BCUT2D eigenvalue weighted by Gasteiger charge is -2.23. The quantitative estimate of drug-likeness (QED) is 0.702. The van der Waals surface area contributed by atoms with Gasteiger partial charge in [0.2, 0.25) is 0 Å². The summed E-state index contributed by atoms with van der Waals surface area (Å²) in [5.41, 5.74) is 2.58. The van der Waals surface area contributed by atoms with Crippen LogP contribution < -0.4 is 10.2 Å². The first kappa shape index (κ1) is 8.17. The van der Waals surface area contributed by atoms with E-state index in [9.17, 15) is 0 Å². The third kappa shape index (κ3) is 1.39. The average Bonchev–Trinajstić information content (AvgIpc) is 2.52. The van der Waals surface area contributed by atoms with Crippen LogP contribution in [0.2, 0.25) is 0 Å². The first-order valence-electron chi connectivity index (χ1n) is 4.56. The fraction of sp³-hybridized carbons (Fsp3) is 0.273. The van der Waals surface area contributed by atoms with E-state index in [0.717, 1.165) is 0 Å². The van der Waals surface area contributed by atoms with E-state index in [1.807, 2.05) is 6.20 Å². The number of hydrogen-bond acceptors (Lipinski definition) is 2. The summed E-state index contributed by atoms with van der Waals surface area (Å²) in [6, 6.07) is 8.41. The van der Waals surface area contributed by atoms with Crippen LogP contribution >= 0.6 is 0 Å². The summed E-state index contributed by atoms with van der Waals surface area (Å²) in [7, 11) is 0. The Morgan fingerprint density at radius 2 is 2.08 bits per heavy atom. The van der Waals surface area contributed by atoms with Crippen LogP contribution in [-0.2, 0) is 0 Å². The Kier molecular flexibility index (Phi) is 1.97. The number of nitrogens with one attached hydrogen (secondary N) is 1. The molecule has 0 radical (unpaired) electrons. The van der Waals surface area contributed by atoms with Crippen LogP contribution in [0.25, 0.3) is 0 Å². The molecular weight excluding hydrogens is 160 g/mol. The smallest absolute Gasteiger partial charge is 0.1000 e. The van der Waals surface area contributed by atoms with Gasteiger partial charge in [0.15, 0.2) is 0 Å². The van der Waals surface area contributed by atoms with Gasteiger partial charge in [-0.3, -0.25) is 0 Å². The van der Waals surface area contributed by atoms with Crippen LogP contribution in [0.5, 0.6) is 0 Å². The van der Waals surface area contributed by atoms with Gasteiger partial charge in [-0.15, -0.1) is 0 Å². The maximum Gasteiger partial charge on any atom is 0.1000 e. The van der Waals surface area contributed by atoms with E-state index in [1.54, 1.807) is 0 Å². The molecule has 0 saturated carbocycles. The molecular formula is C11H14N2. The molecule has 1 atom stereocenters. The number of nitrogens with zero attached hydrogens (tertiary/aromatic N) is 1. The SMILES string of the molecule is Cc1ccccc1N1C=CN[C@@H]1C. The summed E-state index contributed by atoms with van der Waals surface area (Å²) in [5.74, 6) is 0. The van der Waals surface area contributed by atoms with Crippen molar-refractivity contribution < 1.29 is 0 Å². The molecule has 0 amide bonds. The summed E-state index contributed by atoms with van der Waals surface area (Å²) >= 11 is 0. The lowest BCUT2D eigenvalue weighted by molar-refractivity contribution is 0.683. The topological polar surface area (TPSA) is 15.3 Å². The van der Waals surface area contributed by atoms with E-state index >= 15 is 0 Å². The number of rotatable bonds is 1. The molecule has 0 aliphatic carbocycles. The van der Waals surface area contributed by atoms with Crippen LogP contribution in [0.4, 0.5) is 5.69 Å². The molecule has 68 valence electrons. The van der Waals surface area contributed by atoms with Gasteiger partial charge in [-0.25, -0.2) is 0 Å². The van der Waals surface area contributed by atoms with Gasteiger partial charge >= 0.3 is 0 Å². The van der Waals surface area contributed by atoms with Gasteiger partial charge in [-0.05, 0) is 25.5 Å². The fourth-order valence-corrected chi connectivity index (χ4v) is 1.61. The van der Waals surface area contributed by atoms with Crippen LogP contribution in [0.1, 0.15) is 12.5 Å². The maximum absolute atomic E-state index is 3.24. The molecule has 0 unspecified atom stereocenters. The van der Waals surface area contributed by atoms with E-state index in [2.05, 4.69) is 54.5 Å². The van der Waals surface area contributed by atoms with E-state index in [-0.39, 0.29) is 0 Å². The van der Waals surface area contributed by atoms with Crippen molar-refractivity contribution in [2.24, 2.45) is 0 Å². The molecule has 2 heteroatoms. The molecule has 1 aliphatic rings. The first-order valence-corrected chi connectivity index (χ1v) is 4.56. The Labute approximate surface area is 78.9 Å². The molecule has 1 aromatic carbocycles. The van der Waals surface area contributed by atoms with Gasteiger partial charge in [0.25, 0.3) is 0 Å². The Morgan fingerprint density at radius 1 is 1.31 bits per heavy atom. The van der Waals surface area contributed by atoms with Crippen molar-refractivity contribution in [1.29, 1.82) is 0 Å². The number of para-hydroxylation sites is 1. The molecule has 0 spiro atoms. The monoisotopic (exact) mass is 174 g/mol. The van der Waals surface area contributed by atoms with Gasteiger partial charge in [-0.2, -0.15) is 0 Å². The zero-order chi connectivity index (χ0) is 9.26. The summed E-state index contributed by atoms with van der Waals surface area (Å²) < 4.78 is 0. The minimum atomic E-state index is 0.362. The first-order chi connectivity index (χ1) is 6.29. The summed E-state index contributed by atoms with van der Waals surface area (Å²) in [6.07, 6.45) is 4.42. The molecule has 0 saturated heterocycles. The minimum Gasteiger partial charge on any atom is -0.370 e. The molecule has 0 fully saturated rings. The highest BCUT2D eigenvalue weighted by atomic mass is 15.3. The second-order valence-corrected chi connectivity index (χ2v) is 3.35. The number of aryl methyl sites for hydroxylation is 1. The molecule has 1 aromatic rings. The molecule has 13 heavy (non-hydrogen) atoms. The van der Waals surface area contributed by atoms with Gasteiger partial charge in [0.1, 0.15) is 0 Å².